The van der Waals surface area contributed by atoms with Crippen molar-refractivity contribution in [2.75, 3.05) is 12.4 Å². The summed E-state index contributed by atoms with van der Waals surface area (Å²) >= 11 is 3.01. The van der Waals surface area contributed by atoms with Crippen LogP contribution in [-0.4, -0.2) is 59.4 Å². The van der Waals surface area contributed by atoms with Crippen LogP contribution in [0.2, 0.25) is 0 Å². The van der Waals surface area contributed by atoms with Gasteiger partial charge in [-0.2, -0.15) is 0 Å². The monoisotopic (exact) mass is 499 g/mol. The predicted octanol–water partition coefficient (Wildman–Crippen LogP) is 1.02. The van der Waals surface area contributed by atoms with Gasteiger partial charge in [-0.25, -0.2) is 4.79 Å². The summed E-state index contributed by atoms with van der Waals surface area (Å²) in [6, 6.07) is 3.64. The normalized spacial score (nSPS) is 14.5. The largest absolute Gasteiger partial charge is 0.508 e. The van der Waals surface area contributed by atoms with Gasteiger partial charge in [-0.1, -0.05) is 54.4 Å². The van der Waals surface area contributed by atoms with Crippen LogP contribution in [0.15, 0.2) is 24.3 Å². The van der Waals surface area contributed by atoms with Gasteiger partial charge >= 0.3 is 5.97 Å². The number of para-hydroxylation sites is 1. The number of phenols is 1. The summed E-state index contributed by atoms with van der Waals surface area (Å²) < 4.78 is 4.79. The minimum absolute atomic E-state index is 0.00575. The zero-order valence-corrected chi connectivity index (χ0v) is 19.7. The van der Waals surface area contributed by atoms with E-state index in [0.29, 0.717) is 12.0 Å². The van der Waals surface area contributed by atoms with Gasteiger partial charge in [-0.15, -0.1) is 0 Å². The third-order valence-electron chi connectivity index (χ3n) is 4.90. The minimum atomic E-state index is -1.06. The Balaban J connectivity index is 2.98. The van der Waals surface area contributed by atoms with Crippen LogP contribution in [0, 0.1) is 5.92 Å². The highest BCUT2D eigenvalue weighted by Crippen LogP contribution is 2.18. The van der Waals surface area contributed by atoms with Gasteiger partial charge in [0.2, 0.25) is 17.7 Å². The molecule has 0 aliphatic carbocycles. The lowest BCUT2D eigenvalue weighted by Gasteiger charge is -2.27. The molecule has 0 radical (unpaired) electrons. The molecule has 1 rings (SSSR count). The van der Waals surface area contributed by atoms with Crippen LogP contribution in [0.3, 0.4) is 0 Å². The molecule has 0 aliphatic heterocycles. The van der Waals surface area contributed by atoms with Crippen molar-refractivity contribution in [1.29, 1.82) is 0 Å². The average Bonchev–Trinajstić information content (AvgIpc) is 2.76. The van der Waals surface area contributed by atoms with Gasteiger partial charge in [0.15, 0.2) is 0 Å². The summed E-state index contributed by atoms with van der Waals surface area (Å²) in [6.45, 7) is 5.17. The molecular weight excluding hydrogens is 470 g/mol. The van der Waals surface area contributed by atoms with E-state index in [-0.39, 0.29) is 29.3 Å². The second kappa shape index (κ2) is 12.9. The molecule has 4 N–H and O–H groups in total. The highest BCUT2D eigenvalue weighted by molar-refractivity contribution is 9.09. The van der Waals surface area contributed by atoms with Crippen molar-refractivity contribution in [3.8, 4) is 5.75 Å². The van der Waals surface area contributed by atoms with E-state index in [1.165, 1.54) is 20.1 Å². The zero-order chi connectivity index (χ0) is 23.6. The van der Waals surface area contributed by atoms with E-state index in [9.17, 15) is 24.3 Å². The quantitative estimate of drug-likeness (QED) is 0.265. The summed E-state index contributed by atoms with van der Waals surface area (Å²) in [4.78, 5) is 49.2. The standard InChI is InChI=1S/C21H30BrN3O6/c1-5-12(2)18(25-19(28)13(3)23-17(27)11-22)20(29)24-15(21(30)31-4)10-14-8-6-7-9-16(14)26/h6-9,12-13,15,18,26H,5,10-11H2,1-4H3,(H,23,27)(H,24,29)(H,25,28)/t12-,13-,15?,18-/m0/s1. The molecule has 0 aliphatic rings. The molecule has 1 aromatic rings. The van der Waals surface area contributed by atoms with E-state index >= 15 is 0 Å². The van der Waals surface area contributed by atoms with E-state index in [4.69, 9.17) is 4.74 Å². The molecule has 0 saturated carbocycles. The van der Waals surface area contributed by atoms with Crippen molar-refractivity contribution < 1.29 is 29.0 Å². The number of nitrogens with one attached hydrogen (secondary N) is 3. The first-order chi connectivity index (χ1) is 14.6. The fraction of sp³-hybridized carbons (Fsp3) is 0.524. The molecule has 0 bridgehead atoms. The van der Waals surface area contributed by atoms with Crippen molar-refractivity contribution in [2.45, 2.75) is 51.7 Å². The first kappa shape index (κ1) is 26.4. The molecule has 0 fully saturated rings. The lowest BCUT2D eigenvalue weighted by Crippen LogP contribution is -2.57. The van der Waals surface area contributed by atoms with Crippen molar-refractivity contribution >= 4 is 39.6 Å². The molecule has 172 valence electrons. The van der Waals surface area contributed by atoms with Crippen LogP contribution >= 0.6 is 15.9 Å². The summed E-state index contributed by atoms with van der Waals surface area (Å²) in [5, 5.41) is 17.8. The number of methoxy groups -OCH3 is 1. The number of benzene rings is 1. The van der Waals surface area contributed by atoms with Crippen molar-refractivity contribution in [2.24, 2.45) is 5.92 Å². The van der Waals surface area contributed by atoms with E-state index in [1.807, 2.05) is 6.92 Å². The highest BCUT2D eigenvalue weighted by atomic mass is 79.9. The minimum Gasteiger partial charge on any atom is -0.508 e. The maximum absolute atomic E-state index is 13.0. The number of hydrogen-bond acceptors (Lipinski definition) is 6. The molecule has 0 spiro atoms. The number of halogens is 1. The lowest BCUT2D eigenvalue weighted by atomic mass is 9.97. The van der Waals surface area contributed by atoms with E-state index in [1.54, 1.807) is 25.1 Å². The molecule has 0 aromatic heterocycles. The van der Waals surface area contributed by atoms with Gasteiger partial charge in [0.05, 0.1) is 12.4 Å². The molecule has 1 aromatic carbocycles. The number of amides is 3. The number of alkyl halides is 1. The van der Waals surface area contributed by atoms with Crippen LogP contribution in [0.4, 0.5) is 0 Å². The van der Waals surface area contributed by atoms with Gasteiger partial charge in [-0.3, -0.25) is 14.4 Å². The Bertz CT molecular complexity index is 788. The molecular formula is C21H30BrN3O6. The molecule has 10 heteroatoms. The second-order valence-electron chi connectivity index (χ2n) is 7.21. The van der Waals surface area contributed by atoms with Crippen LogP contribution in [0.25, 0.3) is 0 Å². The summed E-state index contributed by atoms with van der Waals surface area (Å²) in [5.74, 6) is -2.37. The Hall–Kier alpha value is -2.62. The number of phenolic OH excluding ortho intramolecular Hbond substituents is 1. The molecule has 1 unspecified atom stereocenters. The fourth-order valence-corrected chi connectivity index (χ4v) is 2.99. The smallest absolute Gasteiger partial charge is 0.328 e. The third kappa shape index (κ3) is 8.20. The van der Waals surface area contributed by atoms with E-state index in [0.717, 1.165) is 0 Å². The molecule has 4 atom stereocenters. The number of carbonyl (C=O) groups is 4. The third-order valence-corrected chi connectivity index (χ3v) is 5.41. The molecule has 9 nitrogen and oxygen atoms in total. The number of aromatic hydroxyl groups is 1. The topological polar surface area (TPSA) is 134 Å². The Morgan fingerprint density at radius 1 is 1.06 bits per heavy atom. The first-order valence-corrected chi connectivity index (χ1v) is 11.1. The highest BCUT2D eigenvalue weighted by Gasteiger charge is 2.32. The maximum atomic E-state index is 13.0. The SMILES string of the molecule is CC[C@H](C)[C@H](NC(=O)[C@H](C)NC(=O)CBr)C(=O)NC(Cc1ccccc1O)C(=O)OC. The lowest BCUT2D eigenvalue weighted by molar-refractivity contribution is -0.145. The summed E-state index contributed by atoms with van der Waals surface area (Å²) in [5.41, 5.74) is 0.466. The van der Waals surface area contributed by atoms with Crippen molar-refractivity contribution in [3.05, 3.63) is 29.8 Å². The average molecular weight is 500 g/mol. The number of esters is 1. The first-order valence-electron chi connectivity index (χ1n) is 9.95. The molecule has 31 heavy (non-hydrogen) atoms. The van der Waals surface area contributed by atoms with Crippen LogP contribution in [0.5, 0.6) is 5.75 Å². The summed E-state index contributed by atoms with van der Waals surface area (Å²) in [6.07, 6.45) is 0.604. The number of rotatable bonds is 11. The van der Waals surface area contributed by atoms with Gasteiger partial charge in [0, 0.05) is 6.42 Å². The number of hydrogen-bond donors (Lipinski definition) is 4. The van der Waals surface area contributed by atoms with E-state index < -0.39 is 35.9 Å². The number of ether oxygens (including phenoxy) is 1. The molecule has 3 amide bonds. The van der Waals surface area contributed by atoms with E-state index in [2.05, 4.69) is 31.9 Å². The molecule has 0 heterocycles. The van der Waals surface area contributed by atoms with Crippen LogP contribution in [-0.2, 0) is 30.3 Å². The Morgan fingerprint density at radius 3 is 2.26 bits per heavy atom. The van der Waals surface area contributed by atoms with Crippen molar-refractivity contribution in [1.82, 2.24) is 16.0 Å². The Morgan fingerprint density at radius 2 is 1.71 bits per heavy atom. The maximum Gasteiger partial charge on any atom is 0.328 e. The predicted molar refractivity (Wildman–Crippen MR) is 119 cm³/mol. The second-order valence-corrected chi connectivity index (χ2v) is 7.77. The van der Waals surface area contributed by atoms with Gasteiger partial charge in [-0.05, 0) is 24.5 Å². The Labute approximate surface area is 190 Å². The van der Waals surface area contributed by atoms with Gasteiger partial charge < -0.3 is 25.8 Å². The number of carbonyl (C=O) groups excluding carboxylic acids is 4. The zero-order valence-electron chi connectivity index (χ0n) is 18.1. The van der Waals surface area contributed by atoms with Crippen LogP contribution < -0.4 is 16.0 Å². The summed E-state index contributed by atoms with van der Waals surface area (Å²) in [7, 11) is 1.20. The molecule has 0 saturated heterocycles. The van der Waals surface area contributed by atoms with Gasteiger partial charge in [0.1, 0.15) is 23.9 Å². The Kier molecular flexibility index (Phi) is 11.0. The van der Waals surface area contributed by atoms with Crippen LogP contribution in [0.1, 0.15) is 32.8 Å². The fourth-order valence-electron chi connectivity index (χ4n) is 2.83. The van der Waals surface area contributed by atoms with Crippen molar-refractivity contribution in [3.63, 3.8) is 0 Å². The van der Waals surface area contributed by atoms with Gasteiger partial charge in [0.25, 0.3) is 0 Å².